The van der Waals surface area contributed by atoms with E-state index in [9.17, 15) is 9.59 Å². The van der Waals surface area contributed by atoms with Crippen LogP contribution in [-0.4, -0.2) is 52.9 Å². The normalized spacial score (nSPS) is 10.8. The SMILES string of the molecule is CC(=O)NCCNc1nc(-c2ccccc2)nc(NCCNC(=O)CCCc2c[nH]c3ccccc23)c1C. The number of amides is 2. The largest absolute Gasteiger partial charge is 0.368 e. The smallest absolute Gasteiger partial charge is 0.220 e. The Bertz CT molecular complexity index is 1370. The van der Waals surface area contributed by atoms with Crippen LogP contribution in [-0.2, 0) is 16.0 Å². The monoisotopic (exact) mass is 513 g/mol. The van der Waals surface area contributed by atoms with Crippen molar-refractivity contribution in [2.24, 2.45) is 0 Å². The molecule has 198 valence electrons. The predicted molar refractivity (Wildman–Crippen MR) is 152 cm³/mol. The summed E-state index contributed by atoms with van der Waals surface area (Å²) in [7, 11) is 0. The summed E-state index contributed by atoms with van der Waals surface area (Å²) in [5.74, 6) is 1.97. The minimum atomic E-state index is -0.0708. The fourth-order valence-corrected chi connectivity index (χ4v) is 4.25. The van der Waals surface area contributed by atoms with Gasteiger partial charge in [0.2, 0.25) is 11.8 Å². The van der Waals surface area contributed by atoms with E-state index in [0.717, 1.165) is 29.5 Å². The van der Waals surface area contributed by atoms with Crippen LogP contribution in [0.4, 0.5) is 11.6 Å². The van der Waals surface area contributed by atoms with Gasteiger partial charge in [0.05, 0.1) is 0 Å². The van der Waals surface area contributed by atoms with Crippen LogP contribution in [0.5, 0.6) is 0 Å². The van der Waals surface area contributed by atoms with Gasteiger partial charge in [0.25, 0.3) is 0 Å². The highest BCUT2D eigenvalue weighted by Gasteiger charge is 2.12. The summed E-state index contributed by atoms with van der Waals surface area (Å²) in [5, 5.41) is 13.6. The van der Waals surface area contributed by atoms with Crippen LogP contribution in [0.1, 0.15) is 30.9 Å². The number of H-pyrrole nitrogens is 1. The Kier molecular flexibility index (Phi) is 9.28. The number of aryl methyl sites for hydroxylation is 1. The number of fused-ring (bicyclic) bond motifs is 1. The minimum Gasteiger partial charge on any atom is -0.368 e. The molecule has 0 spiro atoms. The van der Waals surface area contributed by atoms with Gasteiger partial charge < -0.3 is 26.3 Å². The maximum Gasteiger partial charge on any atom is 0.220 e. The molecule has 9 heteroatoms. The van der Waals surface area contributed by atoms with E-state index >= 15 is 0 Å². The molecule has 0 aliphatic carbocycles. The second-order valence-corrected chi connectivity index (χ2v) is 9.13. The second kappa shape index (κ2) is 13.2. The van der Waals surface area contributed by atoms with Crippen LogP contribution < -0.4 is 21.3 Å². The highest BCUT2D eigenvalue weighted by atomic mass is 16.2. The van der Waals surface area contributed by atoms with Crippen molar-refractivity contribution in [1.29, 1.82) is 0 Å². The molecule has 0 bridgehead atoms. The van der Waals surface area contributed by atoms with Crippen LogP contribution in [0.15, 0.2) is 60.8 Å². The van der Waals surface area contributed by atoms with E-state index in [1.54, 1.807) is 0 Å². The lowest BCUT2D eigenvalue weighted by Gasteiger charge is -2.16. The lowest BCUT2D eigenvalue weighted by Crippen LogP contribution is -2.29. The summed E-state index contributed by atoms with van der Waals surface area (Å²) < 4.78 is 0. The average molecular weight is 514 g/mol. The van der Waals surface area contributed by atoms with E-state index in [-0.39, 0.29) is 11.8 Å². The van der Waals surface area contributed by atoms with Gasteiger partial charge >= 0.3 is 0 Å². The molecular weight excluding hydrogens is 478 g/mol. The Balaban J connectivity index is 1.29. The number of carbonyl (C=O) groups excluding carboxylic acids is 2. The van der Waals surface area contributed by atoms with Crippen molar-refractivity contribution in [3.8, 4) is 11.4 Å². The molecule has 38 heavy (non-hydrogen) atoms. The fourth-order valence-electron chi connectivity index (χ4n) is 4.25. The third-order valence-electron chi connectivity index (χ3n) is 6.23. The number of aromatic nitrogens is 3. The number of aromatic amines is 1. The van der Waals surface area contributed by atoms with Crippen LogP contribution in [0, 0.1) is 6.92 Å². The number of carbonyl (C=O) groups is 2. The number of rotatable bonds is 13. The van der Waals surface area contributed by atoms with Gasteiger partial charge in [-0.25, -0.2) is 9.97 Å². The lowest BCUT2D eigenvalue weighted by atomic mass is 10.1. The summed E-state index contributed by atoms with van der Waals surface area (Å²) in [6.45, 7) is 5.50. The van der Waals surface area contributed by atoms with Crippen molar-refractivity contribution < 1.29 is 9.59 Å². The number of nitrogens with zero attached hydrogens (tertiary/aromatic N) is 2. The zero-order valence-electron chi connectivity index (χ0n) is 21.9. The molecule has 0 atom stereocenters. The Labute approximate surface area is 222 Å². The molecule has 0 aliphatic heterocycles. The van der Waals surface area contributed by atoms with Gasteiger partial charge in [-0.3, -0.25) is 9.59 Å². The number of anilines is 2. The first-order valence-electron chi connectivity index (χ1n) is 13.0. The molecule has 4 aromatic rings. The summed E-state index contributed by atoms with van der Waals surface area (Å²) in [4.78, 5) is 36.3. The molecule has 2 amide bonds. The number of benzene rings is 2. The number of hydrogen-bond donors (Lipinski definition) is 5. The number of hydrogen-bond acceptors (Lipinski definition) is 6. The first kappa shape index (κ1) is 26.7. The Hall–Kier alpha value is -4.40. The van der Waals surface area contributed by atoms with Crippen molar-refractivity contribution in [2.45, 2.75) is 33.1 Å². The quantitative estimate of drug-likeness (QED) is 0.172. The minimum absolute atomic E-state index is 0.0383. The second-order valence-electron chi connectivity index (χ2n) is 9.13. The molecule has 0 radical (unpaired) electrons. The third-order valence-corrected chi connectivity index (χ3v) is 6.23. The molecule has 9 nitrogen and oxygen atoms in total. The van der Waals surface area contributed by atoms with Crippen molar-refractivity contribution in [3.05, 3.63) is 71.9 Å². The zero-order valence-corrected chi connectivity index (χ0v) is 21.9. The van der Waals surface area contributed by atoms with Gasteiger partial charge in [-0.15, -0.1) is 0 Å². The van der Waals surface area contributed by atoms with E-state index in [1.165, 1.54) is 17.9 Å². The summed E-state index contributed by atoms with van der Waals surface area (Å²) in [5.41, 5.74) is 4.14. The van der Waals surface area contributed by atoms with Crippen LogP contribution in [0.3, 0.4) is 0 Å². The third kappa shape index (κ3) is 7.32. The molecule has 0 aliphatic rings. The molecule has 2 aromatic heterocycles. The molecule has 0 unspecified atom stereocenters. The molecule has 2 heterocycles. The van der Waals surface area contributed by atoms with E-state index in [1.807, 2.05) is 55.6 Å². The highest BCUT2D eigenvalue weighted by Crippen LogP contribution is 2.25. The molecule has 0 saturated heterocycles. The van der Waals surface area contributed by atoms with Gasteiger partial charge in [-0.1, -0.05) is 48.5 Å². The van der Waals surface area contributed by atoms with Gasteiger partial charge in [0.15, 0.2) is 5.82 Å². The summed E-state index contributed by atoms with van der Waals surface area (Å²) >= 11 is 0. The van der Waals surface area contributed by atoms with Gasteiger partial charge in [-0.05, 0) is 31.4 Å². The van der Waals surface area contributed by atoms with Crippen molar-refractivity contribution in [2.75, 3.05) is 36.8 Å². The van der Waals surface area contributed by atoms with Crippen molar-refractivity contribution >= 4 is 34.4 Å². The zero-order chi connectivity index (χ0) is 26.7. The standard InChI is InChI=1S/C29H35N7O2/c1-20-27(32-17-15-30-21(2)37)35-29(22-9-4-3-5-10-22)36-28(20)33-18-16-31-26(38)14-8-11-23-19-34-25-13-7-6-12-24(23)25/h3-7,9-10,12-13,19,34H,8,11,14-18H2,1-2H3,(H,30,37)(H,31,38)(H2,32,33,35,36). The molecule has 4 rings (SSSR count). The van der Waals surface area contributed by atoms with E-state index < -0.39 is 0 Å². The molecule has 0 fully saturated rings. The lowest BCUT2D eigenvalue weighted by molar-refractivity contribution is -0.121. The summed E-state index contributed by atoms with van der Waals surface area (Å²) in [6, 6.07) is 18.0. The molecule has 0 saturated carbocycles. The molecule has 5 N–H and O–H groups in total. The van der Waals surface area contributed by atoms with Gasteiger partial charge in [0.1, 0.15) is 11.6 Å². The number of para-hydroxylation sites is 1. The highest BCUT2D eigenvalue weighted by molar-refractivity contribution is 5.83. The maximum atomic E-state index is 12.4. The van der Waals surface area contributed by atoms with E-state index in [4.69, 9.17) is 9.97 Å². The molecule has 2 aromatic carbocycles. The Morgan fingerprint density at radius 1 is 0.842 bits per heavy atom. The Morgan fingerprint density at radius 3 is 2.21 bits per heavy atom. The predicted octanol–water partition coefficient (Wildman–Crippen LogP) is 4.03. The van der Waals surface area contributed by atoms with E-state index in [0.29, 0.717) is 50.1 Å². The fraction of sp³-hybridized carbons (Fsp3) is 0.310. The van der Waals surface area contributed by atoms with Crippen LogP contribution >= 0.6 is 0 Å². The topological polar surface area (TPSA) is 124 Å². The van der Waals surface area contributed by atoms with Crippen LogP contribution in [0.2, 0.25) is 0 Å². The van der Waals surface area contributed by atoms with E-state index in [2.05, 4.69) is 38.4 Å². The Morgan fingerprint density at radius 2 is 1.50 bits per heavy atom. The van der Waals surface area contributed by atoms with Crippen molar-refractivity contribution in [1.82, 2.24) is 25.6 Å². The summed E-state index contributed by atoms with van der Waals surface area (Å²) in [6.07, 6.45) is 4.16. The van der Waals surface area contributed by atoms with Crippen molar-refractivity contribution in [3.63, 3.8) is 0 Å². The molecular formula is C29H35N7O2. The average Bonchev–Trinajstić information content (AvgIpc) is 3.34. The van der Waals surface area contributed by atoms with Gasteiger partial charge in [-0.2, -0.15) is 0 Å². The maximum absolute atomic E-state index is 12.4. The first-order valence-corrected chi connectivity index (χ1v) is 13.0. The van der Waals surface area contributed by atoms with Gasteiger partial charge in [0, 0.05) is 67.8 Å². The first-order chi connectivity index (χ1) is 18.5. The van der Waals surface area contributed by atoms with Crippen LogP contribution in [0.25, 0.3) is 22.3 Å². The number of nitrogens with one attached hydrogen (secondary N) is 5.